The third kappa shape index (κ3) is 2.69. The predicted molar refractivity (Wildman–Crippen MR) is 54.8 cm³/mol. The van der Waals surface area contributed by atoms with E-state index in [0.29, 0.717) is 12.5 Å². The zero-order valence-electron chi connectivity index (χ0n) is 8.75. The van der Waals surface area contributed by atoms with Crippen LogP contribution in [-0.2, 0) is 4.79 Å². The molecule has 0 aromatic heterocycles. The van der Waals surface area contributed by atoms with Crippen LogP contribution >= 0.6 is 0 Å². The molecule has 4 nitrogen and oxygen atoms in total. The number of rotatable bonds is 4. The quantitative estimate of drug-likeness (QED) is 0.650. The molecule has 1 saturated carbocycles. The first-order valence-corrected chi connectivity index (χ1v) is 5.36. The fraction of sp³-hybridized carbons (Fsp3) is 0.900. The molecular weight excluding hydrogens is 178 g/mol. The van der Waals surface area contributed by atoms with Gasteiger partial charge in [-0.05, 0) is 19.8 Å². The Bertz CT molecular complexity index is 228. The number of likely N-dealkylation sites (tertiary alicyclic amines) is 1. The van der Waals surface area contributed by atoms with Gasteiger partial charge in [0.25, 0.3) is 0 Å². The van der Waals surface area contributed by atoms with Crippen LogP contribution in [0.15, 0.2) is 0 Å². The van der Waals surface area contributed by atoms with E-state index in [9.17, 15) is 4.79 Å². The minimum atomic E-state index is -0.0209. The Labute approximate surface area is 84.8 Å². The summed E-state index contributed by atoms with van der Waals surface area (Å²) in [5.41, 5.74) is 5.85. The highest BCUT2D eigenvalue weighted by atomic mass is 16.1. The van der Waals surface area contributed by atoms with Gasteiger partial charge in [0, 0.05) is 37.6 Å². The van der Waals surface area contributed by atoms with Crippen LogP contribution < -0.4 is 11.1 Å². The van der Waals surface area contributed by atoms with Gasteiger partial charge in [0.05, 0.1) is 0 Å². The second kappa shape index (κ2) is 3.51. The first kappa shape index (κ1) is 9.93. The molecule has 2 aliphatic rings. The highest BCUT2D eigenvalue weighted by Crippen LogP contribution is 2.19. The molecule has 1 saturated heterocycles. The first-order valence-electron chi connectivity index (χ1n) is 5.36. The lowest BCUT2D eigenvalue weighted by molar-refractivity contribution is -0.122. The van der Waals surface area contributed by atoms with E-state index in [-0.39, 0.29) is 11.4 Å². The summed E-state index contributed by atoms with van der Waals surface area (Å²) in [5.74, 6) is 0.193. The molecule has 4 heteroatoms. The van der Waals surface area contributed by atoms with Gasteiger partial charge >= 0.3 is 0 Å². The summed E-state index contributed by atoms with van der Waals surface area (Å²) in [5, 5.41) is 2.98. The van der Waals surface area contributed by atoms with Gasteiger partial charge in [0.2, 0.25) is 5.91 Å². The van der Waals surface area contributed by atoms with E-state index < -0.39 is 0 Å². The number of nitrogens with one attached hydrogen (secondary N) is 1. The van der Waals surface area contributed by atoms with Crippen LogP contribution in [0.3, 0.4) is 0 Å². The van der Waals surface area contributed by atoms with Crippen LogP contribution in [0.5, 0.6) is 0 Å². The average Bonchev–Trinajstić information content (AvgIpc) is 2.80. The Kier molecular flexibility index (Phi) is 2.49. The summed E-state index contributed by atoms with van der Waals surface area (Å²) in [6.45, 7) is 4.74. The van der Waals surface area contributed by atoms with Crippen molar-refractivity contribution in [1.29, 1.82) is 0 Å². The van der Waals surface area contributed by atoms with Crippen molar-refractivity contribution in [3.8, 4) is 0 Å². The molecule has 0 atom stereocenters. The zero-order chi connectivity index (χ0) is 10.2. The molecule has 0 aromatic carbocycles. The Hall–Kier alpha value is -0.610. The number of carbonyl (C=O) groups is 1. The summed E-state index contributed by atoms with van der Waals surface area (Å²) in [6, 6.07) is 0.485. The van der Waals surface area contributed by atoms with Crippen LogP contribution in [0.1, 0.15) is 26.2 Å². The molecule has 80 valence electrons. The largest absolute Gasteiger partial charge is 0.353 e. The van der Waals surface area contributed by atoms with Crippen molar-refractivity contribution in [1.82, 2.24) is 10.2 Å². The Morgan fingerprint density at radius 2 is 2.21 bits per heavy atom. The summed E-state index contributed by atoms with van der Waals surface area (Å²) < 4.78 is 0. The summed E-state index contributed by atoms with van der Waals surface area (Å²) >= 11 is 0. The standard InChI is InChI=1S/C10H19N3O/c1-10(11)6-13(7-10)5-4-9(14)12-8-2-3-8/h8H,2-7,11H2,1H3,(H,12,14). The van der Waals surface area contributed by atoms with Gasteiger partial charge in [-0.15, -0.1) is 0 Å². The summed E-state index contributed by atoms with van der Waals surface area (Å²) in [7, 11) is 0. The molecule has 0 spiro atoms. The highest BCUT2D eigenvalue weighted by Gasteiger charge is 2.34. The van der Waals surface area contributed by atoms with Crippen molar-refractivity contribution in [2.75, 3.05) is 19.6 Å². The number of nitrogens with two attached hydrogens (primary N) is 1. The highest BCUT2D eigenvalue weighted by molar-refractivity contribution is 5.76. The van der Waals surface area contributed by atoms with Crippen LogP contribution in [0.4, 0.5) is 0 Å². The van der Waals surface area contributed by atoms with Crippen molar-refractivity contribution >= 4 is 5.91 Å². The van der Waals surface area contributed by atoms with Crippen molar-refractivity contribution in [2.24, 2.45) is 5.73 Å². The molecule has 0 radical (unpaired) electrons. The molecule has 2 fully saturated rings. The SMILES string of the molecule is CC1(N)CN(CCC(=O)NC2CC2)C1. The molecule has 14 heavy (non-hydrogen) atoms. The van der Waals surface area contributed by atoms with Crippen molar-refractivity contribution < 1.29 is 4.79 Å². The van der Waals surface area contributed by atoms with Crippen LogP contribution in [0.25, 0.3) is 0 Å². The van der Waals surface area contributed by atoms with Gasteiger partial charge in [-0.3, -0.25) is 9.69 Å². The lowest BCUT2D eigenvalue weighted by atomic mass is 9.94. The first-order chi connectivity index (χ1) is 6.55. The van der Waals surface area contributed by atoms with E-state index in [1.807, 2.05) is 6.92 Å². The van der Waals surface area contributed by atoms with Crippen molar-refractivity contribution in [3.05, 3.63) is 0 Å². The van der Waals surface area contributed by atoms with E-state index in [0.717, 1.165) is 32.5 Å². The van der Waals surface area contributed by atoms with Crippen LogP contribution in [0, 0.1) is 0 Å². The van der Waals surface area contributed by atoms with Gasteiger partial charge in [-0.2, -0.15) is 0 Å². The normalized spacial score (nSPS) is 25.6. The number of hydrogen-bond donors (Lipinski definition) is 2. The van der Waals surface area contributed by atoms with Gasteiger partial charge in [0.1, 0.15) is 0 Å². The van der Waals surface area contributed by atoms with E-state index >= 15 is 0 Å². The maximum absolute atomic E-state index is 11.3. The van der Waals surface area contributed by atoms with Gasteiger partial charge in [-0.25, -0.2) is 0 Å². The number of amides is 1. The maximum atomic E-state index is 11.3. The second-order valence-corrected chi connectivity index (χ2v) is 4.96. The smallest absolute Gasteiger partial charge is 0.221 e. The average molecular weight is 197 g/mol. The molecule has 0 bridgehead atoms. The van der Waals surface area contributed by atoms with E-state index in [1.165, 1.54) is 0 Å². The topological polar surface area (TPSA) is 58.4 Å². The molecule has 0 unspecified atom stereocenters. The second-order valence-electron chi connectivity index (χ2n) is 4.96. The molecule has 2 rings (SSSR count). The predicted octanol–water partition coefficient (Wildman–Crippen LogP) is -0.312. The molecule has 1 aliphatic heterocycles. The minimum absolute atomic E-state index is 0.0209. The Morgan fingerprint density at radius 3 is 2.71 bits per heavy atom. The summed E-state index contributed by atoms with van der Waals surface area (Å²) in [4.78, 5) is 13.6. The fourth-order valence-electron chi connectivity index (χ4n) is 1.92. The molecule has 1 amide bonds. The lowest BCUT2D eigenvalue weighted by Crippen LogP contribution is -2.65. The van der Waals surface area contributed by atoms with Crippen LogP contribution in [-0.4, -0.2) is 42.0 Å². The van der Waals surface area contributed by atoms with Gasteiger partial charge in [0.15, 0.2) is 0 Å². The third-order valence-electron chi connectivity index (χ3n) is 2.77. The minimum Gasteiger partial charge on any atom is -0.353 e. The molecule has 0 aromatic rings. The van der Waals surface area contributed by atoms with E-state index in [2.05, 4.69) is 10.2 Å². The molecule has 3 N–H and O–H groups in total. The fourth-order valence-corrected chi connectivity index (χ4v) is 1.92. The number of carbonyl (C=O) groups excluding carboxylic acids is 1. The van der Waals surface area contributed by atoms with Gasteiger partial charge < -0.3 is 11.1 Å². The Balaban J connectivity index is 1.56. The molecule has 1 heterocycles. The monoisotopic (exact) mass is 197 g/mol. The van der Waals surface area contributed by atoms with Crippen LogP contribution in [0.2, 0.25) is 0 Å². The molecular formula is C10H19N3O. The number of nitrogens with zero attached hydrogens (tertiary/aromatic N) is 1. The lowest BCUT2D eigenvalue weighted by Gasteiger charge is -2.45. The van der Waals surface area contributed by atoms with Crippen molar-refractivity contribution in [3.63, 3.8) is 0 Å². The third-order valence-corrected chi connectivity index (χ3v) is 2.77. The van der Waals surface area contributed by atoms with E-state index in [4.69, 9.17) is 5.73 Å². The van der Waals surface area contributed by atoms with E-state index in [1.54, 1.807) is 0 Å². The number of hydrogen-bond acceptors (Lipinski definition) is 3. The van der Waals surface area contributed by atoms with Crippen molar-refractivity contribution in [2.45, 2.75) is 37.8 Å². The Morgan fingerprint density at radius 1 is 1.57 bits per heavy atom. The zero-order valence-corrected chi connectivity index (χ0v) is 8.75. The van der Waals surface area contributed by atoms with Gasteiger partial charge in [-0.1, -0.05) is 0 Å². The maximum Gasteiger partial charge on any atom is 0.221 e. The summed E-state index contributed by atoms with van der Waals surface area (Å²) in [6.07, 6.45) is 2.94. The molecule has 1 aliphatic carbocycles.